The average molecular weight is 246 g/mol. The van der Waals surface area contributed by atoms with Crippen molar-refractivity contribution in [2.75, 3.05) is 0 Å². The number of phenolic OH excluding ortho intramolecular Hbond substituents is 1. The molecule has 0 aliphatic rings. The normalized spacial score (nSPS) is 9.50. The molecule has 1 nitrogen and oxygen atoms in total. The molecule has 0 aliphatic heterocycles. The first-order chi connectivity index (χ1) is 8.61. The first-order valence-electron chi connectivity index (χ1n) is 6.12. The third-order valence-corrected chi connectivity index (χ3v) is 2.43. The number of hydrogen-bond acceptors (Lipinski definition) is 1. The number of aryl methyl sites for hydroxylation is 2. The van der Waals surface area contributed by atoms with E-state index in [1.807, 2.05) is 0 Å². The number of aromatic hydroxyl groups is 1. The van der Waals surface area contributed by atoms with Crippen molar-refractivity contribution < 1.29 is 9.50 Å². The highest BCUT2D eigenvalue weighted by molar-refractivity contribution is 5.22. The van der Waals surface area contributed by atoms with E-state index in [9.17, 15) is 4.39 Å². The van der Waals surface area contributed by atoms with Gasteiger partial charge in [0.25, 0.3) is 0 Å². The van der Waals surface area contributed by atoms with Crippen LogP contribution in [0.3, 0.4) is 0 Å². The molecule has 18 heavy (non-hydrogen) atoms. The summed E-state index contributed by atoms with van der Waals surface area (Å²) >= 11 is 0. The van der Waals surface area contributed by atoms with Crippen molar-refractivity contribution in [1.82, 2.24) is 0 Å². The maximum Gasteiger partial charge on any atom is 0.126 e. The lowest BCUT2D eigenvalue weighted by Crippen LogP contribution is -1.82. The molecular weight excluding hydrogens is 227 g/mol. The molecule has 0 aliphatic carbocycles. The van der Waals surface area contributed by atoms with E-state index in [4.69, 9.17) is 5.11 Å². The van der Waals surface area contributed by atoms with E-state index < -0.39 is 5.82 Å². The summed E-state index contributed by atoms with van der Waals surface area (Å²) in [7, 11) is 0. The molecular formula is C16H19FO. The van der Waals surface area contributed by atoms with Gasteiger partial charge in [-0.05, 0) is 31.0 Å². The first kappa shape index (κ1) is 14.2. The number of rotatable bonds is 2. The van der Waals surface area contributed by atoms with Crippen LogP contribution >= 0.6 is 0 Å². The summed E-state index contributed by atoms with van der Waals surface area (Å²) in [4.78, 5) is 0. The van der Waals surface area contributed by atoms with E-state index in [-0.39, 0.29) is 5.75 Å². The summed E-state index contributed by atoms with van der Waals surface area (Å²) in [5.74, 6) is -0.449. The van der Waals surface area contributed by atoms with Crippen LogP contribution in [-0.4, -0.2) is 5.11 Å². The molecule has 0 spiro atoms. The largest absolute Gasteiger partial charge is 0.508 e. The standard InChI is InChI=1S/C10H14.C6H5FO/c1-3-5-10-7-4-6-9(2)8-10;7-5-2-1-3-6(8)4-5/h4,6-8H,3,5H2,1-2H3;1-4,8H. The molecule has 1 N–H and O–H groups in total. The van der Waals surface area contributed by atoms with Gasteiger partial charge in [0.05, 0.1) is 0 Å². The van der Waals surface area contributed by atoms with Crippen LogP contribution in [0.15, 0.2) is 48.5 Å². The van der Waals surface area contributed by atoms with Gasteiger partial charge in [0.15, 0.2) is 0 Å². The predicted molar refractivity (Wildman–Crippen MR) is 73.2 cm³/mol. The van der Waals surface area contributed by atoms with Crippen molar-refractivity contribution in [1.29, 1.82) is 0 Å². The summed E-state index contributed by atoms with van der Waals surface area (Å²) in [5.41, 5.74) is 2.83. The minimum absolute atomic E-state index is 0.0370. The Morgan fingerprint density at radius 2 is 1.78 bits per heavy atom. The van der Waals surface area contributed by atoms with Crippen LogP contribution in [0, 0.1) is 12.7 Å². The van der Waals surface area contributed by atoms with Gasteiger partial charge in [-0.1, -0.05) is 49.2 Å². The molecule has 2 aromatic rings. The molecule has 0 unspecified atom stereocenters. The summed E-state index contributed by atoms with van der Waals surface area (Å²) < 4.78 is 12.0. The van der Waals surface area contributed by atoms with Gasteiger partial charge >= 0.3 is 0 Å². The zero-order valence-corrected chi connectivity index (χ0v) is 10.9. The zero-order chi connectivity index (χ0) is 13.4. The Hall–Kier alpha value is -1.83. The second-order valence-electron chi connectivity index (χ2n) is 4.22. The molecule has 0 radical (unpaired) electrons. The van der Waals surface area contributed by atoms with E-state index in [0.717, 1.165) is 6.07 Å². The molecule has 2 aromatic carbocycles. The topological polar surface area (TPSA) is 20.2 Å². The fourth-order valence-corrected chi connectivity index (χ4v) is 1.63. The second-order valence-corrected chi connectivity index (χ2v) is 4.22. The molecule has 0 saturated heterocycles. The summed E-state index contributed by atoms with van der Waals surface area (Å²) in [6.45, 7) is 4.35. The quantitative estimate of drug-likeness (QED) is 0.828. The average Bonchev–Trinajstić information content (AvgIpc) is 2.30. The van der Waals surface area contributed by atoms with E-state index in [2.05, 4.69) is 38.1 Å². The number of hydrogen-bond donors (Lipinski definition) is 1. The molecule has 0 atom stereocenters. The van der Waals surface area contributed by atoms with Crippen LogP contribution in [0.1, 0.15) is 24.5 Å². The van der Waals surface area contributed by atoms with Crippen LogP contribution in [0.25, 0.3) is 0 Å². The van der Waals surface area contributed by atoms with Gasteiger partial charge in [-0.2, -0.15) is 0 Å². The van der Waals surface area contributed by atoms with Gasteiger partial charge in [0.1, 0.15) is 11.6 Å². The molecule has 0 aromatic heterocycles. The monoisotopic (exact) mass is 246 g/mol. The highest BCUT2D eigenvalue weighted by Crippen LogP contribution is 2.08. The van der Waals surface area contributed by atoms with E-state index >= 15 is 0 Å². The lowest BCUT2D eigenvalue weighted by Gasteiger charge is -1.97. The Bertz CT molecular complexity index is 463. The Labute approximate surface area is 108 Å². The van der Waals surface area contributed by atoms with Gasteiger partial charge in [-0.15, -0.1) is 0 Å². The Morgan fingerprint density at radius 1 is 1.06 bits per heavy atom. The number of benzene rings is 2. The van der Waals surface area contributed by atoms with E-state index in [1.165, 1.54) is 42.2 Å². The van der Waals surface area contributed by atoms with Crippen molar-refractivity contribution >= 4 is 0 Å². The first-order valence-corrected chi connectivity index (χ1v) is 6.12. The van der Waals surface area contributed by atoms with Crippen molar-refractivity contribution in [2.45, 2.75) is 26.7 Å². The highest BCUT2D eigenvalue weighted by Gasteiger charge is 1.89. The van der Waals surface area contributed by atoms with E-state index in [0.29, 0.717) is 0 Å². The van der Waals surface area contributed by atoms with Crippen LogP contribution in [0.5, 0.6) is 5.75 Å². The minimum atomic E-state index is -0.412. The highest BCUT2D eigenvalue weighted by atomic mass is 19.1. The number of phenols is 1. The second kappa shape index (κ2) is 7.49. The molecule has 2 rings (SSSR count). The summed E-state index contributed by atoms with van der Waals surface area (Å²) in [5, 5.41) is 8.57. The molecule has 0 heterocycles. The van der Waals surface area contributed by atoms with Gasteiger partial charge in [-0.3, -0.25) is 0 Å². The molecule has 2 heteroatoms. The fraction of sp³-hybridized carbons (Fsp3) is 0.250. The number of halogens is 1. The lowest BCUT2D eigenvalue weighted by atomic mass is 10.1. The third-order valence-electron chi connectivity index (χ3n) is 2.43. The lowest BCUT2D eigenvalue weighted by molar-refractivity contribution is 0.469. The molecule has 0 bridgehead atoms. The van der Waals surface area contributed by atoms with Crippen LogP contribution in [0.2, 0.25) is 0 Å². The fourth-order valence-electron chi connectivity index (χ4n) is 1.63. The van der Waals surface area contributed by atoms with Crippen LogP contribution < -0.4 is 0 Å². The van der Waals surface area contributed by atoms with Crippen molar-refractivity contribution in [3.63, 3.8) is 0 Å². The van der Waals surface area contributed by atoms with Crippen molar-refractivity contribution in [2.24, 2.45) is 0 Å². The predicted octanol–water partition coefficient (Wildman–Crippen LogP) is 4.48. The molecule has 0 fully saturated rings. The van der Waals surface area contributed by atoms with Crippen LogP contribution in [-0.2, 0) is 6.42 Å². The van der Waals surface area contributed by atoms with E-state index in [1.54, 1.807) is 0 Å². The third kappa shape index (κ3) is 5.48. The maximum absolute atomic E-state index is 12.0. The Balaban J connectivity index is 0.000000184. The summed E-state index contributed by atoms with van der Waals surface area (Å²) in [6, 6.07) is 13.9. The minimum Gasteiger partial charge on any atom is -0.508 e. The van der Waals surface area contributed by atoms with Crippen molar-refractivity contribution in [3.05, 3.63) is 65.5 Å². The molecule has 0 amide bonds. The molecule has 0 saturated carbocycles. The molecule has 96 valence electrons. The Kier molecular flexibility index (Phi) is 5.92. The zero-order valence-electron chi connectivity index (χ0n) is 10.9. The van der Waals surface area contributed by atoms with Gasteiger partial charge in [0.2, 0.25) is 0 Å². The smallest absolute Gasteiger partial charge is 0.126 e. The Morgan fingerprint density at radius 3 is 2.28 bits per heavy atom. The van der Waals surface area contributed by atoms with Gasteiger partial charge in [-0.25, -0.2) is 4.39 Å². The summed E-state index contributed by atoms with van der Waals surface area (Å²) in [6.07, 6.45) is 2.45. The SMILES string of the molecule is CCCc1cccc(C)c1.Oc1cccc(F)c1. The maximum atomic E-state index is 12.0. The van der Waals surface area contributed by atoms with Gasteiger partial charge < -0.3 is 5.11 Å². The van der Waals surface area contributed by atoms with Crippen molar-refractivity contribution in [3.8, 4) is 5.75 Å². The van der Waals surface area contributed by atoms with Crippen LogP contribution in [0.4, 0.5) is 4.39 Å². The van der Waals surface area contributed by atoms with Gasteiger partial charge in [0, 0.05) is 6.07 Å².